The maximum atomic E-state index is 10.8. The predicted molar refractivity (Wildman–Crippen MR) is 53.9 cm³/mol. The second-order valence-corrected chi connectivity index (χ2v) is 3.36. The highest BCUT2D eigenvalue weighted by Crippen LogP contribution is 2.26. The monoisotopic (exact) mass is 199 g/mol. The molecular formula is C9H17N3O2. The summed E-state index contributed by atoms with van der Waals surface area (Å²) in [6, 6.07) is -0.343. The minimum absolute atomic E-state index is 0. The van der Waals surface area contributed by atoms with Crippen LogP contribution in [0.3, 0.4) is 0 Å². The molecule has 0 saturated heterocycles. The predicted octanol–water partition coefficient (Wildman–Crippen LogP) is 2.97. The third-order valence-electron chi connectivity index (χ3n) is 2.50. The number of carboxylic acids is 1. The van der Waals surface area contributed by atoms with Crippen LogP contribution in [0.25, 0.3) is 10.4 Å². The number of carbonyl (C=O) groups is 1. The molecular weight excluding hydrogens is 182 g/mol. The van der Waals surface area contributed by atoms with E-state index in [1.54, 1.807) is 0 Å². The Labute approximate surface area is 83.7 Å². The van der Waals surface area contributed by atoms with Crippen molar-refractivity contribution in [3.05, 3.63) is 10.4 Å². The lowest BCUT2D eigenvalue weighted by Crippen LogP contribution is -2.25. The molecule has 14 heavy (non-hydrogen) atoms. The Morgan fingerprint density at radius 1 is 1.36 bits per heavy atom. The van der Waals surface area contributed by atoms with Gasteiger partial charge in [-0.2, -0.15) is 0 Å². The summed E-state index contributed by atoms with van der Waals surface area (Å²) in [4.78, 5) is 13.5. The average Bonchev–Trinajstić information content (AvgIpc) is 2.30. The molecule has 1 saturated carbocycles. The summed E-state index contributed by atoms with van der Waals surface area (Å²) in [7, 11) is 0. The molecule has 1 fully saturated rings. The van der Waals surface area contributed by atoms with Gasteiger partial charge >= 0.3 is 5.97 Å². The Kier molecular flexibility index (Phi) is 5.72. The van der Waals surface area contributed by atoms with Crippen molar-refractivity contribution < 1.29 is 9.90 Å². The van der Waals surface area contributed by atoms with Crippen LogP contribution in [0, 0.1) is 5.92 Å². The molecule has 80 valence electrons. The first kappa shape index (κ1) is 12.8. The summed E-state index contributed by atoms with van der Waals surface area (Å²) in [6.45, 7) is 0. The maximum absolute atomic E-state index is 10.8. The standard InChI is InChI=1S/C8H13N3O2.CH4/c9-11-10-7-5-3-1-2-4-6(7)8(12)13;/h6-7H,1-5H2,(H,12,13);1H4/t6-,7+;/m1./s1. The van der Waals surface area contributed by atoms with Crippen molar-refractivity contribution in [2.75, 3.05) is 0 Å². The normalized spacial score (nSPS) is 26.6. The highest BCUT2D eigenvalue weighted by Gasteiger charge is 2.28. The Bertz CT molecular complexity index is 226. The molecule has 0 aromatic carbocycles. The molecule has 0 unspecified atom stereocenters. The maximum Gasteiger partial charge on any atom is 0.306 e. The van der Waals surface area contributed by atoms with Gasteiger partial charge in [-0.15, -0.1) is 0 Å². The molecule has 1 aliphatic rings. The van der Waals surface area contributed by atoms with Gasteiger partial charge in [0.1, 0.15) is 0 Å². The highest BCUT2D eigenvalue weighted by molar-refractivity contribution is 5.70. The molecule has 0 amide bonds. The van der Waals surface area contributed by atoms with Gasteiger partial charge in [-0.25, -0.2) is 0 Å². The van der Waals surface area contributed by atoms with Crippen LogP contribution in [-0.4, -0.2) is 17.1 Å². The molecule has 0 radical (unpaired) electrons. The van der Waals surface area contributed by atoms with Gasteiger partial charge in [0.15, 0.2) is 0 Å². The molecule has 1 rings (SSSR count). The molecule has 5 heteroatoms. The van der Waals surface area contributed by atoms with Crippen LogP contribution in [0.4, 0.5) is 0 Å². The van der Waals surface area contributed by atoms with Crippen LogP contribution in [0.2, 0.25) is 0 Å². The average molecular weight is 199 g/mol. The lowest BCUT2D eigenvalue weighted by Gasteiger charge is -2.15. The summed E-state index contributed by atoms with van der Waals surface area (Å²) in [5.41, 5.74) is 8.28. The van der Waals surface area contributed by atoms with E-state index in [4.69, 9.17) is 10.6 Å². The first-order valence-electron chi connectivity index (χ1n) is 4.52. The third-order valence-corrected chi connectivity index (χ3v) is 2.50. The molecule has 0 aliphatic heterocycles. The van der Waals surface area contributed by atoms with Crippen molar-refractivity contribution in [3.8, 4) is 0 Å². The van der Waals surface area contributed by atoms with E-state index in [0.717, 1.165) is 19.3 Å². The van der Waals surface area contributed by atoms with Crippen LogP contribution >= 0.6 is 0 Å². The van der Waals surface area contributed by atoms with Gasteiger partial charge in [-0.1, -0.05) is 31.8 Å². The zero-order valence-electron chi connectivity index (χ0n) is 7.39. The molecule has 0 aromatic rings. The molecule has 0 bridgehead atoms. The van der Waals surface area contributed by atoms with Crippen LogP contribution in [0.5, 0.6) is 0 Å². The molecule has 5 nitrogen and oxygen atoms in total. The van der Waals surface area contributed by atoms with E-state index >= 15 is 0 Å². The SMILES string of the molecule is C.[N-]=[N+]=N[C@H]1CCCCC[C@H]1C(=O)O. The molecule has 1 N–H and O–H groups in total. The van der Waals surface area contributed by atoms with E-state index in [-0.39, 0.29) is 13.5 Å². The molecule has 0 heterocycles. The van der Waals surface area contributed by atoms with Crippen LogP contribution in [-0.2, 0) is 4.79 Å². The zero-order valence-corrected chi connectivity index (χ0v) is 7.39. The zero-order chi connectivity index (χ0) is 9.68. The third kappa shape index (κ3) is 3.26. The van der Waals surface area contributed by atoms with Crippen molar-refractivity contribution in [2.24, 2.45) is 11.0 Å². The van der Waals surface area contributed by atoms with Gasteiger partial charge in [-0.05, 0) is 18.4 Å². The summed E-state index contributed by atoms with van der Waals surface area (Å²) in [5, 5.41) is 12.4. The Balaban J connectivity index is 0.00000169. The summed E-state index contributed by atoms with van der Waals surface area (Å²) < 4.78 is 0. The first-order valence-corrected chi connectivity index (χ1v) is 4.52. The van der Waals surface area contributed by atoms with Crippen LogP contribution < -0.4 is 0 Å². The smallest absolute Gasteiger partial charge is 0.306 e. The van der Waals surface area contributed by atoms with Crippen molar-refractivity contribution >= 4 is 5.97 Å². The van der Waals surface area contributed by atoms with E-state index in [1.165, 1.54) is 0 Å². The molecule has 0 spiro atoms. The van der Waals surface area contributed by atoms with Gasteiger partial charge in [0, 0.05) is 4.91 Å². The Hall–Kier alpha value is -1.22. The quantitative estimate of drug-likeness (QED) is 0.321. The van der Waals surface area contributed by atoms with Crippen LogP contribution in [0.1, 0.15) is 39.5 Å². The van der Waals surface area contributed by atoms with Crippen molar-refractivity contribution in [2.45, 2.75) is 45.6 Å². The fourth-order valence-electron chi connectivity index (χ4n) is 1.78. The van der Waals surface area contributed by atoms with E-state index in [2.05, 4.69) is 10.0 Å². The minimum atomic E-state index is -0.834. The minimum Gasteiger partial charge on any atom is -0.481 e. The van der Waals surface area contributed by atoms with Crippen molar-refractivity contribution in [1.29, 1.82) is 0 Å². The number of hydrogen-bond donors (Lipinski definition) is 1. The molecule has 0 aromatic heterocycles. The second kappa shape index (κ2) is 6.27. The summed E-state index contributed by atoms with van der Waals surface area (Å²) in [5.74, 6) is -1.31. The lowest BCUT2D eigenvalue weighted by atomic mass is 9.96. The lowest BCUT2D eigenvalue weighted by molar-refractivity contribution is -0.142. The number of aliphatic carboxylic acids is 1. The largest absolute Gasteiger partial charge is 0.481 e. The summed E-state index contributed by atoms with van der Waals surface area (Å²) in [6.07, 6.45) is 4.28. The second-order valence-electron chi connectivity index (χ2n) is 3.36. The van der Waals surface area contributed by atoms with Crippen LogP contribution in [0.15, 0.2) is 5.11 Å². The van der Waals surface area contributed by atoms with Crippen molar-refractivity contribution in [3.63, 3.8) is 0 Å². The fourth-order valence-corrected chi connectivity index (χ4v) is 1.78. The highest BCUT2D eigenvalue weighted by atomic mass is 16.4. The Morgan fingerprint density at radius 3 is 2.57 bits per heavy atom. The van der Waals surface area contributed by atoms with Gasteiger partial charge in [-0.3, -0.25) is 4.79 Å². The molecule has 2 atom stereocenters. The Morgan fingerprint density at radius 2 is 2.00 bits per heavy atom. The van der Waals surface area contributed by atoms with Gasteiger partial charge in [0.25, 0.3) is 0 Å². The number of nitrogens with zero attached hydrogens (tertiary/aromatic N) is 3. The van der Waals surface area contributed by atoms with E-state index in [0.29, 0.717) is 12.8 Å². The number of rotatable bonds is 2. The van der Waals surface area contributed by atoms with Crippen molar-refractivity contribution in [1.82, 2.24) is 0 Å². The van der Waals surface area contributed by atoms with E-state index in [1.807, 2.05) is 0 Å². The van der Waals surface area contributed by atoms with E-state index in [9.17, 15) is 4.79 Å². The number of hydrogen-bond acceptors (Lipinski definition) is 2. The molecule has 1 aliphatic carbocycles. The topological polar surface area (TPSA) is 86.1 Å². The first-order chi connectivity index (χ1) is 6.25. The van der Waals surface area contributed by atoms with Gasteiger partial charge in [0.2, 0.25) is 0 Å². The number of carboxylic acid groups (broad SMARTS) is 1. The summed E-state index contributed by atoms with van der Waals surface area (Å²) >= 11 is 0. The van der Waals surface area contributed by atoms with E-state index < -0.39 is 11.9 Å². The van der Waals surface area contributed by atoms with Gasteiger partial charge < -0.3 is 5.11 Å². The number of azide groups is 1. The fraction of sp³-hybridized carbons (Fsp3) is 0.889. The van der Waals surface area contributed by atoms with Gasteiger partial charge in [0.05, 0.1) is 12.0 Å².